The molecule has 0 spiro atoms. The molecule has 0 atom stereocenters. The lowest BCUT2D eigenvalue weighted by Gasteiger charge is -2.03. The van der Waals surface area contributed by atoms with Crippen LogP contribution in [0.15, 0.2) is 36.4 Å². The Morgan fingerprint density at radius 1 is 1.10 bits per heavy atom. The smallest absolute Gasteiger partial charge is 0.345 e. The Morgan fingerprint density at radius 2 is 1.80 bits per heavy atom. The molecule has 1 aromatic carbocycles. The number of carbonyl (C=O) groups excluding carboxylic acids is 2. The van der Waals surface area contributed by atoms with Crippen molar-refractivity contribution in [3.63, 3.8) is 0 Å². The Kier molecular flexibility index (Phi) is 3.81. The molecule has 4 N–H and O–H groups in total. The van der Waals surface area contributed by atoms with E-state index in [9.17, 15) is 14.4 Å². The van der Waals surface area contributed by atoms with E-state index in [1.54, 1.807) is 6.07 Å². The number of benzene rings is 1. The lowest BCUT2D eigenvalue weighted by Crippen LogP contribution is -2.14. The first-order valence-corrected chi connectivity index (χ1v) is 6.33. The maximum atomic E-state index is 12.0. The molecule has 2 rings (SSSR count). The van der Waals surface area contributed by atoms with Crippen LogP contribution >= 0.6 is 11.3 Å². The molecule has 2 amide bonds. The summed E-state index contributed by atoms with van der Waals surface area (Å²) < 4.78 is 0. The molecule has 0 saturated heterocycles. The average Bonchev–Trinajstić information content (AvgIpc) is 2.87. The fourth-order valence-electron chi connectivity index (χ4n) is 1.52. The van der Waals surface area contributed by atoms with Crippen LogP contribution in [-0.4, -0.2) is 22.9 Å². The van der Waals surface area contributed by atoms with Crippen LogP contribution in [0.2, 0.25) is 0 Å². The van der Waals surface area contributed by atoms with Crippen molar-refractivity contribution >= 4 is 34.1 Å². The van der Waals surface area contributed by atoms with Crippen molar-refractivity contribution in [2.24, 2.45) is 5.73 Å². The van der Waals surface area contributed by atoms with Gasteiger partial charge in [0.25, 0.3) is 5.91 Å². The molecule has 0 radical (unpaired) electrons. The van der Waals surface area contributed by atoms with Gasteiger partial charge in [-0.15, -0.1) is 11.3 Å². The molecule has 0 fully saturated rings. The fraction of sp³-hybridized carbons (Fsp3) is 0. The van der Waals surface area contributed by atoms with Gasteiger partial charge in [0.05, 0.1) is 5.00 Å². The Labute approximate surface area is 117 Å². The first kappa shape index (κ1) is 13.8. The number of thiophene rings is 1. The number of aromatic carboxylic acids is 1. The van der Waals surface area contributed by atoms with E-state index in [0.717, 1.165) is 11.3 Å². The number of carboxylic acid groups (broad SMARTS) is 1. The van der Waals surface area contributed by atoms with Crippen LogP contribution in [0.4, 0.5) is 5.00 Å². The minimum Gasteiger partial charge on any atom is -0.477 e. The van der Waals surface area contributed by atoms with Crippen molar-refractivity contribution in [2.45, 2.75) is 0 Å². The molecule has 6 nitrogen and oxygen atoms in total. The normalized spacial score (nSPS) is 10.0. The van der Waals surface area contributed by atoms with Crippen LogP contribution < -0.4 is 11.1 Å². The summed E-state index contributed by atoms with van der Waals surface area (Å²) in [4.78, 5) is 33.9. The number of hydrogen-bond acceptors (Lipinski definition) is 4. The van der Waals surface area contributed by atoms with Crippen LogP contribution in [0.1, 0.15) is 30.4 Å². The van der Waals surface area contributed by atoms with Gasteiger partial charge in [0.2, 0.25) is 5.91 Å². The van der Waals surface area contributed by atoms with E-state index in [2.05, 4.69) is 5.32 Å². The van der Waals surface area contributed by atoms with Crippen molar-refractivity contribution in [1.82, 2.24) is 0 Å². The quantitative estimate of drug-likeness (QED) is 0.797. The molecule has 1 aromatic heterocycles. The minimum absolute atomic E-state index is 0.131. The van der Waals surface area contributed by atoms with E-state index in [1.807, 2.05) is 0 Å². The van der Waals surface area contributed by atoms with Gasteiger partial charge in [0.15, 0.2) is 0 Å². The van der Waals surface area contributed by atoms with E-state index in [1.165, 1.54) is 30.3 Å². The van der Waals surface area contributed by atoms with Crippen LogP contribution in [0.5, 0.6) is 0 Å². The van der Waals surface area contributed by atoms with Crippen LogP contribution in [0, 0.1) is 0 Å². The standard InChI is InChI=1S/C13H10N2O4S/c14-11(16)7-2-1-3-8(6-7)12(17)15-10-5-4-9(20-10)13(18)19/h1-6H,(H2,14,16)(H,15,17)(H,18,19). The largest absolute Gasteiger partial charge is 0.477 e. The van der Waals surface area contributed by atoms with Gasteiger partial charge < -0.3 is 16.2 Å². The number of anilines is 1. The SMILES string of the molecule is NC(=O)c1cccc(C(=O)Nc2ccc(C(=O)O)s2)c1. The highest BCUT2D eigenvalue weighted by Crippen LogP contribution is 2.22. The first-order valence-electron chi connectivity index (χ1n) is 5.51. The van der Waals surface area contributed by atoms with Crippen LogP contribution in [0.3, 0.4) is 0 Å². The Bertz CT molecular complexity index is 693. The molecule has 7 heteroatoms. The molecule has 102 valence electrons. The van der Waals surface area contributed by atoms with E-state index >= 15 is 0 Å². The Hall–Kier alpha value is -2.67. The summed E-state index contributed by atoms with van der Waals surface area (Å²) in [5.74, 6) is -2.11. The summed E-state index contributed by atoms with van der Waals surface area (Å²) in [6.07, 6.45) is 0. The summed E-state index contributed by atoms with van der Waals surface area (Å²) in [7, 11) is 0. The van der Waals surface area contributed by atoms with Gasteiger partial charge in [-0.3, -0.25) is 9.59 Å². The lowest BCUT2D eigenvalue weighted by atomic mass is 10.1. The fourth-order valence-corrected chi connectivity index (χ4v) is 2.26. The molecule has 0 unspecified atom stereocenters. The number of carboxylic acids is 1. The van der Waals surface area contributed by atoms with E-state index in [0.29, 0.717) is 5.00 Å². The molecule has 2 aromatic rings. The first-order chi connectivity index (χ1) is 9.47. The number of primary amides is 1. The van der Waals surface area contributed by atoms with Gasteiger partial charge in [0.1, 0.15) is 4.88 Å². The summed E-state index contributed by atoms with van der Waals surface area (Å²) in [6, 6.07) is 8.88. The highest BCUT2D eigenvalue weighted by atomic mass is 32.1. The average molecular weight is 290 g/mol. The van der Waals surface area contributed by atoms with Crippen molar-refractivity contribution in [3.05, 3.63) is 52.4 Å². The maximum absolute atomic E-state index is 12.0. The highest BCUT2D eigenvalue weighted by Gasteiger charge is 2.12. The number of carbonyl (C=O) groups is 3. The second-order valence-electron chi connectivity index (χ2n) is 3.87. The maximum Gasteiger partial charge on any atom is 0.345 e. The third-order valence-corrected chi connectivity index (χ3v) is 3.45. The highest BCUT2D eigenvalue weighted by molar-refractivity contribution is 7.18. The summed E-state index contributed by atoms with van der Waals surface area (Å²) in [5.41, 5.74) is 5.64. The van der Waals surface area contributed by atoms with E-state index < -0.39 is 17.8 Å². The second kappa shape index (κ2) is 5.54. The topological polar surface area (TPSA) is 109 Å². The minimum atomic E-state index is -1.05. The molecule has 1 heterocycles. The van der Waals surface area contributed by atoms with Gasteiger partial charge in [-0.25, -0.2) is 4.79 Å². The second-order valence-corrected chi connectivity index (χ2v) is 4.95. The van der Waals surface area contributed by atoms with E-state index in [-0.39, 0.29) is 16.0 Å². The molecule has 0 bridgehead atoms. The molecule has 0 saturated carbocycles. The molecule has 20 heavy (non-hydrogen) atoms. The monoisotopic (exact) mass is 290 g/mol. The van der Waals surface area contributed by atoms with Crippen molar-refractivity contribution in [2.75, 3.05) is 5.32 Å². The third kappa shape index (κ3) is 3.01. The van der Waals surface area contributed by atoms with Crippen molar-refractivity contribution in [1.29, 1.82) is 0 Å². The van der Waals surface area contributed by atoms with Gasteiger partial charge >= 0.3 is 5.97 Å². The Balaban J connectivity index is 2.17. The molecule has 0 aliphatic heterocycles. The zero-order valence-electron chi connectivity index (χ0n) is 10.1. The molecule has 0 aliphatic rings. The lowest BCUT2D eigenvalue weighted by molar-refractivity contribution is 0.0701. The van der Waals surface area contributed by atoms with Crippen LogP contribution in [0.25, 0.3) is 0 Å². The van der Waals surface area contributed by atoms with Gasteiger partial charge in [-0.05, 0) is 30.3 Å². The van der Waals surface area contributed by atoms with Crippen molar-refractivity contribution < 1.29 is 19.5 Å². The molecule has 0 aliphatic carbocycles. The summed E-state index contributed by atoms with van der Waals surface area (Å²) >= 11 is 0.951. The van der Waals surface area contributed by atoms with Crippen LogP contribution in [-0.2, 0) is 0 Å². The van der Waals surface area contributed by atoms with Crippen molar-refractivity contribution in [3.8, 4) is 0 Å². The molecular formula is C13H10N2O4S. The number of nitrogens with one attached hydrogen (secondary N) is 1. The van der Waals surface area contributed by atoms with Gasteiger partial charge in [0, 0.05) is 11.1 Å². The number of nitrogens with two attached hydrogens (primary N) is 1. The van der Waals surface area contributed by atoms with Gasteiger partial charge in [-0.1, -0.05) is 6.07 Å². The van der Waals surface area contributed by atoms with Gasteiger partial charge in [-0.2, -0.15) is 0 Å². The zero-order chi connectivity index (χ0) is 14.7. The number of hydrogen-bond donors (Lipinski definition) is 3. The number of rotatable bonds is 4. The van der Waals surface area contributed by atoms with E-state index in [4.69, 9.17) is 10.8 Å². The third-order valence-electron chi connectivity index (χ3n) is 2.46. The zero-order valence-corrected chi connectivity index (χ0v) is 10.9. The summed E-state index contributed by atoms with van der Waals surface area (Å²) in [5, 5.41) is 11.8. The number of amides is 2. The molecular weight excluding hydrogens is 280 g/mol. The summed E-state index contributed by atoms with van der Waals surface area (Å²) in [6.45, 7) is 0. The Morgan fingerprint density at radius 3 is 2.40 bits per heavy atom. The predicted molar refractivity (Wildman–Crippen MR) is 74.2 cm³/mol. The predicted octanol–water partition coefficient (Wildman–Crippen LogP) is 1.80.